The summed E-state index contributed by atoms with van der Waals surface area (Å²) in [5.41, 5.74) is 2.24. The molecule has 1 aromatic heterocycles. The van der Waals surface area contributed by atoms with Crippen molar-refractivity contribution in [3.05, 3.63) is 71.7 Å². The molecule has 0 saturated heterocycles. The number of amides is 1. The van der Waals surface area contributed by atoms with Gasteiger partial charge in [0.05, 0.1) is 19.7 Å². The monoisotopic (exact) mass is 340 g/mol. The van der Waals surface area contributed by atoms with Crippen molar-refractivity contribution in [2.24, 2.45) is 0 Å². The minimum absolute atomic E-state index is 0.143. The van der Waals surface area contributed by atoms with Gasteiger partial charge in [-0.25, -0.2) is 4.39 Å². The van der Waals surface area contributed by atoms with E-state index in [1.165, 1.54) is 12.1 Å². The van der Waals surface area contributed by atoms with Gasteiger partial charge in [0.25, 0.3) is 0 Å². The molecule has 1 N–H and O–H groups in total. The maximum Gasteiger partial charge on any atom is 0.224 e. The molecule has 0 atom stereocenters. The minimum atomic E-state index is -0.324. The van der Waals surface area contributed by atoms with E-state index < -0.39 is 0 Å². The Morgan fingerprint density at radius 2 is 1.92 bits per heavy atom. The smallest absolute Gasteiger partial charge is 0.224 e. The van der Waals surface area contributed by atoms with Crippen LogP contribution in [0.1, 0.15) is 11.1 Å². The van der Waals surface area contributed by atoms with Gasteiger partial charge >= 0.3 is 0 Å². The second kappa shape index (κ2) is 7.61. The molecule has 3 rings (SSSR count). The summed E-state index contributed by atoms with van der Waals surface area (Å²) >= 11 is 0. The average molecular weight is 340 g/mol. The molecule has 0 aliphatic heterocycles. The largest absolute Gasteiger partial charge is 0.496 e. The Balaban J connectivity index is 1.65. The molecule has 0 aliphatic carbocycles. The van der Waals surface area contributed by atoms with Gasteiger partial charge in [0.2, 0.25) is 5.91 Å². The molecule has 6 heteroatoms. The SMILES string of the molecule is COc1ccccc1CC(=O)NCc1cnoc1-c1ccc(F)cc1. The molecule has 0 radical (unpaired) electrons. The van der Waals surface area contributed by atoms with Crippen molar-refractivity contribution in [2.45, 2.75) is 13.0 Å². The van der Waals surface area contributed by atoms with Gasteiger partial charge in [-0.05, 0) is 30.3 Å². The molecule has 0 aliphatic rings. The van der Waals surface area contributed by atoms with E-state index >= 15 is 0 Å². The number of nitrogens with one attached hydrogen (secondary N) is 1. The summed E-state index contributed by atoms with van der Waals surface area (Å²) in [6, 6.07) is 13.3. The van der Waals surface area contributed by atoms with Crippen LogP contribution in [0, 0.1) is 5.82 Å². The van der Waals surface area contributed by atoms with Gasteiger partial charge in [0.1, 0.15) is 11.6 Å². The van der Waals surface area contributed by atoms with Gasteiger partial charge in [-0.3, -0.25) is 4.79 Å². The first kappa shape index (κ1) is 16.7. The first-order valence-corrected chi connectivity index (χ1v) is 7.75. The Morgan fingerprint density at radius 3 is 2.68 bits per heavy atom. The molecule has 0 spiro atoms. The van der Waals surface area contributed by atoms with E-state index in [1.807, 2.05) is 24.3 Å². The van der Waals surface area contributed by atoms with Gasteiger partial charge < -0.3 is 14.6 Å². The van der Waals surface area contributed by atoms with Crippen LogP contribution in [0.15, 0.2) is 59.3 Å². The van der Waals surface area contributed by atoms with Crippen molar-refractivity contribution in [2.75, 3.05) is 7.11 Å². The number of halogens is 1. The summed E-state index contributed by atoms with van der Waals surface area (Å²) in [4.78, 5) is 12.2. The lowest BCUT2D eigenvalue weighted by molar-refractivity contribution is -0.120. The van der Waals surface area contributed by atoms with Crippen molar-refractivity contribution >= 4 is 5.91 Å². The van der Waals surface area contributed by atoms with Crippen molar-refractivity contribution in [3.63, 3.8) is 0 Å². The Bertz CT molecular complexity index is 859. The highest BCUT2D eigenvalue weighted by Gasteiger charge is 2.13. The van der Waals surface area contributed by atoms with Crippen LogP contribution in [0.4, 0.5) is 4.39 Å². The number of hydrogen-bond acceptors (Lipinski definition) is 4. The van der Waals surface area contributed by atoms with Gasteiger partial charge in [-0.2, -0.15) is 0 Å². The molecule has 128 valence electrons. The second-order valence-electron chi connectivity index (χ2n) is 5.45. The van der Waals surface area contributed by atoms with Crippen molar-refractivity contribution in [1.29, 1.82) is 0 Å². The van der Waals surface area contributed by atoms with Crippen molar-refractivity contribution in [3.8, 4) is 17.1 Å². The van der Waals surface area contributed by atoms with Crippen LogP contribution in [0.3, 0.4) is 0 Å². The molecule has 0 fully saturated rings. The van der Waals surface area contributed by atoms with Crippen molar-refractivity contribution in [1.82, 2.24) is 10.5 Å². The number of rotatable bonds is 6. The van der Waals surface area contributed by atoms with E-state index in [2.05, 4.69) is 10.5 Å². The second-order valence-corrected chi connectivity index (χ2v) is 5.45. The lowest BCUT2D eigenvalue weighted by Crippen LogP contribution is -2.24. The van der Waals surface area contributed by atoms with Crippen molar-refractivity contribution < 1.29 is 18.4 Å². The maximum atomic E-state index is 13.0. The van der Waals surface area contributed by atoms with Crippen LogP contribution in [0.5, 0.6) is 5.75 Å². The van der Waals surface area contributed by atoms with Gasteiger partial charge in [-0.15, -0.1) is 0 Å². The molecule has 2 aromatic carbocycles. The molecule has 0 bridgehead atoms. The molecule has 0 unspecified atom stereocenters. The first-order chi connectivity index (χ1) is 12.2. The summed E-state index contributed by atoms with van der Waals surface area (Å²) < 4.78 is 23.5. The number of aromatic nitrogens is 1. The van der Waals surface area contributed by atoms with E-state index in [1.54, 1.807) is 25.4 Å². The summed E-state index contributed by atoms with van der Waals surface area (Å²) in [7, 11) is 1.57. The third-order valence-corrected chi connectivity index (χ3v) is 3.77. The van der Waals surface area contributed by atoms with Crippen LogP contribution < -0.4 is 10.1 Å². The number of methoxy groups -OCH3 is 1. The molecular weight excluding hydrogens is 323 g/mol. The van der Waals surface area contributed by atoms with Crippen LogP contribution >= 0.6 is 0 Å². The molecule has 0 saturated carbocycles. The number of nitrogens with zero attached hydrogens (tertiary/aromatic N) is 1. The fraction of sp³-hybridized carbons (Fsp3) is 0.158. The number of hydrogen-bond donors (Lipinski definition) is 1. The number of benzene rings is 2. The highest BCUT2D eigenvalue weighted by molar-refractivity contribution is 5.79. The predicted molar refractivity (Wildman–Crippen MR) is 90.4 cm³/mol. The third kappa shape index (κ3) is 4.03. The fourth-order valence-electron chi connectivity index (χ4n) is 2.50. The molecule has 25 heavy (non-hydrogen) atoms. The highest BCUT2D eigenvalue weighted by atomic mass is 19.1. The average Bonchev–Trinajstić information content (AvgIpc) is 3.09. The summed E-state index contributed by atoms with van der Waals surface area (Å²) in [5, 5.41) is 6.61. The fourth-order valence-corrected chi connectivity index (χ4v) is 2.50. The quantitative estimate of drug-likeness (QED) is 0.747. The molecule has 3 aromatic rings. The summed E-state index contributed by atoms with van der Waals surface area (Å²) in [6.45, 7) is 0.268. The van der Waals surface area contributed by atoms with E-state index in [0.717, 1.165) is 11.1 Å². The van der Waals surface area contributed by atoms with Crippen LogP contribution in [0.25, 0.3) is 11.3 Å². The number of para-hydroxylation sites is 1. The van der Waals surface area contributed by atoms with E-state index in [-0.39, 0.29) is 24.7 Å². The number of ether oxygens (including phenoxy) is 1. The Morgan fingerprint density at radius 1 is 1.16 bits per heavy atom. The molecule has 1 heterocycles. The van der Waals surface area contributed by atoms with Crippen LogP contribution in [0.2, 0.25) is 0 Å². The van der Waals surface area contributed by atoms with E-state index in [9.17, 15) is 9.18 Å². The molecule has 1 amide bonds. The zero-order chi connectivity index (χ0) is 17.6. The maximum absolute atomic E-state index is 13.0. The lowest BCUT2D eigenvalue weighted by atomic mass is 10.1. The number of carbonyl (C=O) groups is 1. The summed E-state index contributed by atoms with van der Waals surface area (Å²) in [5.74, 6) is 0.720. The zero-order valence-electron chi connectivity index (χ0n) is 13.7. The first-order valence-electron chi connectivity index (χ1n) is 7.75. The number of carbonyl (C=O) groups excluding carboxylic acids is 1. The Kier molecular flexibility index (Phi) is 5.09. The highest BCUT2D eigenvalue weighted by Crippen LogP contribution is 2.24. The van der Waals surface area contributed by atoms with Gasteiger partial charge in [-0.1, -0.05) is 23.4 Å². The lowest BCUT2D eigenvalue weighted by Gasteiger charge is -2.08. The molecular formula is C19H17FN2O3. The van der Waals surface area contributed by atoms with E-state index in [4.69, 9.17) is 9.26 Å². The van der Waals surface area contributed by atoms with Gasteiger partial charge in [0, 0.05) is 23.2 Å². The van der Waals surface area contributed by atoms with Gasteiger partial charge in [0.15, 0.2) is 5.76 Å². The van der Waals surface area contributed by atoms with Crippen LogP contribution in [-0.2, 0) is 17.8 Å². The van der Waals surface area contributed by atoms with Crippen LogP contribution in [-0.4, -0.2) is 18.2 Å². The normalized spacial score (nSPS) is 10.5. The zero-order valence-corrected chi connectivity index (χ0v) is 13.7. The van der Waals surface area contributed by atoms with E-state index in [0.29, 0.717) is 17.1 Å². The standard InChI is InChI=1S/C19H17FN2O3/c1-24-17-5-3-2-4-14(17)10-18(23)21-11-15-12-22-25-19(15)13-6-8-16(20)9-7-13/h2-9,12H,10-11H2,1H3,(H,21,23). The minimum Gasteiger partial charge on any atom is -0.496 e. The topological polar surface area (TPSA) is 64.4 Å². The third-order valence-electron chi connectivity index (χ3n) is 3.77. The summed E-state index contributed by atoms with van der Waals surface area (Å²) in [6.07, 6.45) is 1.75. The Labute approximate surface area is 144 Å². The Hall–Kier alpha value is -3.15. The molecule has 5 nitrogen and oxygen atoms in total. The predicted octanol–water partition coefficient (Wildman–Crippen LogP) is 3.35.